The van der Waals surface area contributed by atoms with Gasteiger partial charge in [-0.3, -0.25) is 0 Å². The standard InChI is InChI=1S/C3H11IN4/c4-2(6)1(5)3(7)8/h1-3H,5-8H2. The van der Waals surface area contributed by atoms with Gasteiger partial charge in [0.1, 0.15) is 0 Å². The zero-order valence-corrected chi connectivity index (χ0v) is 6.58. The first kappa shape index (κ1) is 8.57. The monoisotopic (exact) mass is 230 g/mol. The molecule has 0 rings (SSSR count). The lowest BCUT2D eigenvalue weighted by atomic mass is 10.3. The fourth-order valence-corrected chi connectivity index (χ4v) is 0.692. The average molecular weight is 230 g/mol. The number of nitrogens with two attached hydrogens (primary N) is 4. The lowest BCUT2D eigenvalue weighted by Gasteiger charge is -2.17. The molecule has 8 heavy (non-hydrogen) atoms. The largest absolute Gasteiger partial charge is 0.323 e. The van der Waals surface area contributed by atoms with Gasteiger partial charge in [0, 0.05) is 0 Å². The highest BCUT2D eigenvalue weighted by Crippen LogP contribution is 1.95. The molecule has 0 heterocycles. The Morgan fingerprint density at radius 1 is 1.00 bits per heavy atom. The van der Waals surface area contributed by atoms with Gasteiger partial charge in [0.2, 0.25) is 0 Å². The van der Waals surface area contributed by atoms with Crippen LogP contribution in [0.4, 0.5) is 0 Å². The van der Waals surface area contributed by atoms with Gasteiger partial charge < -0.3 is 22.9 Å². The van der Waals surface area contributed by atoms with E-state index in [0.717, 1.165) is 0 Å². The highest BCUT2D eigenvalue weighted by Gasteiger charge is 2.13. The van der Waals surface area contributed by atoms with Gasteiger partial charge in [-0.05, 0) is 0 Å². The summed E-state index contributed by atoms with van der Waals surface area (Å²) in [7, 11) is 0. The van der Waals surface area contributed by atoms with E-state index < -0.39 is 6.17 Å². The predicted molar refractivity (Wildman–Crippen MR) is 42.1 cm³/mol. The van der Waals surface area contributed by atoms with Crippen molar-refractivity contribution in [1.82, 2.24) is 0 Å². The van der Waals surface area contributed by atoms with E-state index in [1.807, 2.05) is 22.6 Å². The predicted octanol–water partition coefficient (Wildman–Crippen LogP) is -1.72. The third kappa shape index (κ3) is 2.78. The number of alkyl halides is 1. The summed E-state index contributed by atoms with van der Waals surface area (Å²) in [6.45, 7) is 0. The van der Waals surface area contributed by atoms with Crippen molar-refractivity contribution in [2.45, 2.75) is 16.3 Å². The highest BCUT2D eigenvalue weighted by atomic mass is 127. The maximum atomic E-state index is 5.38. The number of hydrogen-bond acceptors (Lipinski definition) is 4. The molecule has 2 atom stereocenters. The van der Waals surface area contributed by atoms with Gasteiger partial charge in [0.05, 0.1) is 16.3 Å². The van der Waals surface area contributed by atoms with E-state index in [0.29, 0.717) is 0 Å². The Hall–Kier alpha value is 0.570. The molecule has 0 aliphatic rings. The molecule has 0 aromatic rings. The summed E-state index contributed by atoms with van der Waals surface area (Å²) in [5, 5.41) is 0. The van der Waals surface area contributed by atoms with Crippen molar-refractivity contribution in [3.05, 3.63) is 0 Å². The Bertz CT molecular complexity index is 56.3. The first-order valence-electron chi connectivity index (χ1n) is 2.22. The van der Waals surface area contributed by atoms with Crippen LogP contribution in [-0.4, -0.2) is 16.3 Å². The Morgan fingerprint density at radius 3 is 1.38 bits per heavy atom. The van der Waals surface area contributed by atoms with Crippen molar-refractivity contribution in [3.8, 4) is 0 Å². The van der Waals surface area contributed by atoms with E-state index in [1.54, 1.807) is 0 Å². The number of hydrogen-bond donors (Lipinski definition) is 4. The van der Waals surface area contributed by atoms with E-state index >= 15 is 0 Å². The van der Waals surface area contributed by atoms with Crippen LogP contribution in [0.2, 0.25) is 0 Å². The van der Waals surface area contributed by atoms with Crippen molar-refractivity contribution < 1.29 is 0 Å². The molecule has 0 saturated carbocycles. The second-order valence-electron chi connectivity index (χ2n) is 1.60. The SMILES string of the molecule is NC(N)C(N)C(N)I. The van der Waals surface area contributed by atoms with Crippen LogP contribution in [0.5, 0.6) is 0 Å². The summed E-state index contributed by atoms with van der Waals surface area (Å²) in [6.07, 6.45) is -0.512. The maximum Gasteiger partial charge on any atom is 0.0750 e. The Labute approximate surface area is 62.1 Å². The molecule has 2 unspecified atom stereocenters. The Balaban J connectivity index is 3.46. The minimum absolute atomic E-state index is 0.160. The molecule has 0 saturated heterocycles. The Kier molecular flexibility index (Phi) is 3.82. The van der Waals surface area contributed by atoms with Gasteiger partial charge in [0.25, 0.3) is 0 Å². The van der Waals surface area contributed by atoms with E-state index in [1.165, 1.54) is 0 Å². The average Bonchev–Trinajstić information content (AvgIpc) is 1.64. The quantitative estimate of drug-likeness (QED) is 0.196. The van der Waals surface area contributed by atoms with Crippen molar-refractivity contribution >= 4 is 22.6 Å². The molecule has 0 aliphatic carbocycles. The third-order valence-corrected chi connectivity index (χ3v) is 1.64. The first-order chi connectivity index (χ1) is 3.55. The zero-order valence-electron chi connectivity index (χ0n) is 4.42. The fraction of sp³-hybridized carbons (Fsp3) is 1.00. The normalized spacial score (nSPS) is 18.8. The first-order valence-corrected chi connectivity index (χ1v) is 3.46. The molecule has 4 nitrogen and oxygen atoms in total. The summed E-state index contributed by atoms with van der Waals surface area (Å²) in [5.74, 6) is 0. The van der Waals surface area contributed by atoms with Crippen LogP contribution in [0.25, 0.3) is 0 Å². The van der Waals surface area contributed by atoms with Crippen molar-refractivity contribution in [2.75, 3.05) is 0 Å². The minimum Gasteiger partial charge on any atom is -0.323 e. The van der Waals surface area contributed by atoms with Gasteiger partial charge in [-0.1, -0.05) is 22.6 Å². The molecule has 0 radical (unpaired) electrons. The molecule has 0 fully saturated rings. The highest BCUT2D eigenvalue weighted by molar-refractivity contribution is 14.1. The third-order valence-electron chi connectivity index (χ3n) is 0.812. The van der Waals surface area contributed by atoms with Crippen molar-refractivity contribution in [2.24, 2.45) is 22.9 Å². The molecule has 0 aromatic carbocycles. The summed E-state index contributed by atoms with van der Waals surface area (Å²) < 4.78 is -0.160. The second-order valence-corrected chi connectivity index (χ2v) is 3.04. The molecule has 50 valence electrons. The van der Waals surface area contributed by atoms with E-state index in [-0.39, 0.29) is 10.1 Å². The van der Waals surface area contributed by atoms with Gasteiger partial charge >= 0.3 is 0 Å². The van der Waals surface area contributed by atoms with Crippen LogP contribution < -0.4 is 22.9 Å². The van der Waals surface area contributed by atoms with Crippen LogP contribution in [-0.2, 0) is 0 Å². The number of rotatable bonds is 2. The van der Waals surface area contributed by atoms with Gasteiger partial charge in [-0.15, -0.1) is 0 Å². The lowest BCUT2D eigenvalue weighted by Crippen LogP contribution is -2.55. The van der Waals surface area contributed by atoms with Gasteiger partial charge in [-0.25, -0.2) is 0 Å². The molecule has 0 amide bonds. The molecule has 5 heteroatoms. The topological polar surface area (TPSA) is 104 Å². The van der Waals surface area contributed by atoms with Crippen molar-refractivity contribution in [3.63, 3.8) is 0 Å². The summed E-state index contributed by atoms with van der Waals surface area (Å²) >= 11 is 1.98. The number of halogens is 1. The molecular formula is C3H11IN4. The van der Waals surface area contributed by atoms with Crippen LogP contribution in [0.1, 0.15) is 0 Å². The smallest absolute Gasteiger partial charge is 0.0750 e. The molecule has 8 N–H and O–H groups in total. The van der Waals surface area contributed by atoms with Crippen LogP contribution in [0.15, 0.2) is 0 Å². The molecular weight excluding hydrogens is 219 g/mol. The molecule has 0 bridgehead atoms. The minimum atomic E-state index is -0.512. The molecule has 0 aromatic heterocycles. The van der Waals surface area contributed by atoms with Gasteiger partial charge in [0.15, 0.2) is 0 Å². The summed E-state index contributed by atoms with van der Waals surface area (Å²) in [6, 6.07) is -0.310. The van der Waals surface area contributed by atoms with E-state index in [2.05, 4.69) is 0 Å². The van der Waals surface area contributed by atoms with E-state index in [4.69, 9.17) is 22.9 Å². The summed E-state index contributed by atoms with van der Waals surface area (Å²) in [4.78, 5) is 0. The molecule has 0 aliphatic heterocycles. The summed E-state index contributed by atoms with van der Waals surface area (Å²) in [5.41, 5.74) is 21.1. The van der Waals surface area contributed by atoms with Crippen LogP contribution in [0.3, 0.4) is 0 Å². The van der Waals surface area contributed by atoms with Crippen LogP contribution in [0, 0.1) is 0 Å². The second kappa shape index (κ2) is 3.57. The Morgan fingerprint density at radius 2 is 1.38 bits per heavy atom. The molecule has 0 spiro atoms. The lowest BCUT2D eigenvalue weighted by molar-refractivity contribution is 0.538. The zero-order chi connectivity index (χ0) is 6.73. The van der Waals surface area contributed by atoms with Gasteiger partial charge in [-0.2, -0.15) is 0 Å². The fourth-order valence-electron chi connectivity index (χ4n) is 0.212. The van der Waals surface area contributed by atoms with Crippen LogP contribution >= 0.6 is 22.6 Å². The van der Waals surface area contributed by atoms with Crippen molar-refractivity contribution in [1.29, 1.82) is 0 Å². The maximum absolute atomic E-state index is 5.38. The van der Waals surface area contributed by atoms with E-state index in [9.17, 15) is 0 Å².